The Hall–Kier alpha value is -1.56. The molecule has 1 atom stereocenters. The summed E-state index contributed by atoms with van der Waals surface area (Å²) in [5.41, 5.74) is 0. The quantitative estimate of drug-likeness (QED) is 0.559. The largest absolute Gasteiger partial charge is 0.394 e. The number of aliphatic hydroxyl groups is 1. The molecule has 2 N–H and O–H groups in total. The van der Waals surface area contributed by atoms with Gasteiger partial charge in [0.05, 0.1) is 19.5 Å². The third-order valence-corrected chi connectivity index (χ3v) is 1.70. The first-order valence-corrected chi connectivity index (χ1v) is 3.95. The Morgan fingerprint density at radius 3 is 3.38 bits per heavy atom. The van der Waals surface area contributed by atoms with Crippen LogP contribution < -0.4 is 5.32 Å². The summed E-state index contributed by atoms with van der Waals surface area (Å²) in [6.45, 7) is 0.376. The molecule has 0 aromatic rings. The molecule has 0 radical (unpaired) electrons. The SMILES string of the molecule is OCCN=C1N=CNC2=NC=NC12. The molecule has 6 nitrogen and oxygen atoms in total. The maximum absolute atomic E-state index is 8.59. The van der Waals surface area contributed by atoms with Crippen molar-refractivity contribution in [2.75, 3.05) is 13.2 Å². The van der Waals surface area contributed by atoms with Crippen LogP contribution >= 0.6 is 0 Å². The van der Waals surface area contributed by atoms with E-state index in [4.69, 9.17) is 5.11 Å². The molecular weight excluding hydrogens is 170 g/mol. The highest BCUT2D eigenvalue weighted by Crippen LogP contribution is 2.06. The zero-order valence-electron chi connectivity index (χ0n) is 6.88. The van der Waals surface area contributed by atoms with Crippen LogP contribution in [0.5, 0.6) is 0 Å². The molecule has 0 amide bonds. The average Bonchev–Trinajstić information content (AvgIpc) is 2.62. The summed E-state index contributed by atoms with van der Waals surface area (Å²) in [7, 11) is 0. The van der Waals surface area contributed by atoms with E-state index in [0.29, 0.717) is 12.4 Å². The summed E-state index contributed by atoms with van der Waals surface area (Å²) in [6.07, 6.45) is 3.01. The van der Waals surface area contributed by atoms with Gasteiger partial charge in [-0.25, -0.2) is 9.98 Å². The number of aliphatic imine (C=N–C) groups is 4. The van der Waals surface area contributed by atoms with E-state index in [1.807, 2.05) is 0 Å². The second-order valence-corrected chi connectivity index (χ2v) is 2.55. The van der Waals surface area contributed by atoms with Crippen LogP contribution in [-0.4, -0.2) is 48.6 Å². The summed E-state index contributed by atoms with van der Waals surface area (Å²) in [5.74, 6) is 1.34. The molecule has 1 unspecified atom stereocenters. The lowest BCUT2D eigenvalue weighted by atomic mass is 10.2. The van der Waals surface area contributed by atoms with Crippen LogP contribution in [0.15, 0.2) is 20.0 Å². The molecule has 2 aliphatic heterocycles. The van der Waals surface area contributed by atoms with Crippen molar-refractivity contribution in [1.29, 1.82) is 0 Å². The molecule has 0 saturated heterocycles. The molecule has 0 aromatic heterocycles. The van der Waals surface area contributed by atoms with Crippen LogP contribution in [0.3, 0.4) is 0 Å². The summed E-state index contributed by atoms with van der Waals surface area (Å²) in [4.78, 5) is 16.2. The zero-order chi connectivity index (χ0) is 9.10. The number of rotatable bonds is 2. The lowest BCUT2D eigenvalue weighted by molar-refractivity contribution is 0.307. The average molecular weight is 179 g/mol. The summed E-state index contributed by atoms with van der Waals surface area (Å²) >= 11 is 0. The normalized spacial score (nSPS) is 27.3. The van der Waals surface area contributed by atoms with Crippen LogP contribution in [0.25, 0.3) is 0 Å². The van der Waals surface area contributed by atoms with Crippen LogP contribution in [0.2, 0.25) is 0 Å². The molecule has 6 heteroatoms. The van der Waals surface area contributed by atoms with Crippen molar-refractivity contribution >= 4 is 24.3 Å². The van der Waals surface area contributed by atoms with Gasteiger partial charge >= 0.3 is 0 Å². The molecule has 0 spiro atoms. The minimum atomic E-state index is -0.198. The number of hydrogen-bond donors (Lipinski definition) is 2. The maximum atomic E-state index is 8.59. The van der Waals surface area contributed by atoms with Crippen molar-refractivity contribution in [3.63, 3.8) is 0 Å². The first kappa shape index (κ1) is 8.06. The highest BCUT2D eigenvalue weighted by molar-refractivity contribution is 6.21. The second kappa shape index (κ2) is 3.44. The standard InChI is InChI=1S/C7H9N5O/c13-2-1-8-6-5-7(10-3-9-5)12-4-11-6/h3-5,13H,1-2H2,(H,8,9,10,11,12). The second-order valence-electron chi connectivity index (χ2n) is 2.55. The highest BCUT2D eigenvalue weighted by atomic mass is 16.3. The topological polar surface area (TPSA) is 81.7 Å². The van der Waals surface area contributed by atoms with Crippen molar-refractivity contribution in [3.05, 3.63) is 0 Å². The predicted octanol–water partition coefficient (Wildman–Crippen LogP) is -1.18. The number of hydrogen-bond acceptors (Lipinski definition) is 5. The van der Waals surface area contributed by atoms with Crippen molar-refractivity contribution in [3.8, 4) is 0 Å². The lowest BCUT2D eigenvalue weighted by Crippen LogP contribution is -2.40. The molecule has 2 heterocycles. The Labute approximate surface area is 74.8 Å². The Kier molecular flexibility index (Phi) is 2.13. The molecule has 2 aliphatic rings. The summed E-state index contributed by atoms with van der Waals surface area (Å²) in [5, 5.41) is 11.5. The maximum Gasteiger partial charge on any atom is 0.168 e. The minimum Gasteiger partial charge on any atom is -0.394 e. The monoisotopic (exact) mass is 179 g/mol. The summed E-state index contributed by atoms with van der Waals surface area (Å²) in [6, 6.07) is -0.198. The molecule has 13 heavy (non-hydrogen) atoms. The number of amidine groups is 2. The fourth-order valence-corrected chi connectivity index (χ4v) is 1.14. The van der Waals surface area contributed by atoms with Gasteiger partial charge in [0.15, 0.2) is 11.9 Å². The zero-order valence-corrected chi connectivity index (χ0v) is 6.88. The Morgan fingerprint density at radius 2 is 2.54 bits per heavy atom. The minimum absolute atomic E-state index is 0.0232. The summed E-state index contributed by atoms with van der Waals surface area (Å²) < 4.78 is 0. The fraction of sp³-hybridized carbons (Fsp3) is 0.429. The smallest absolute Gasteiger partial charge is 0.168 e. The molecule has 68 valence electrons. The molecule has 0 fully saturated rings. The van der Waals surface area contributed by atoms with Gasteiger partial charge < -0.3 is 10.4 Å². The number of nitrogens with one attached hydrogen (secondary N) is 1. The van der Waals surface area contributed by atoms with Crippen molar-refractivity contribution in [2.24, 2.45) is 20.0 Å². The van der Waals surface area contributed by atoms with Crippen molar-refractivity contribution in [1.82, 2.24) is 5.32 Å². The fourth-order valence-electron chi connectivity index (χ4n) is 1.14. The van der Waals surface area contributed by atoms with Gasteiger partial charge in [-0.2, -0.15) is 0 Å². The molecule has 0 aliphatic carbocycles. The van der Waals surface area contributed by atoms with E-state index >= 15 is 0 Å². The van der Waals surface area contributed by atoms with E-state index in [1.54, 1.807) is 0 Å². The van der Waals surface area contributed by atoms with Crippen LogP contribution in [0, 0.1) is 0 Å². The van der Waals surface area contributed by atoms with E-state index in [-0.39, 0.29) is 12.6 Å². The first-order chi connectivity index (χ1) is 6.42. The third kappa shape index (κ3) is 1.48. The van der Waals surface area contributed by atoms with Gasteiger partial charge in [-0.3, -0.25) is 9.98 Å². The van der Waals surface area contributed by atoms with E-state index < -0.39 is 0 Å². The lowest BCUT2D eigenvalue weighted by Gasteiger charge is -2.14. The molecular formula is C7H9N5O. The van der Waals surface area contributed by atoms with Gasteiger partial charge in [-0.05, 0) is 0 Å². The third-order valence-electron chi connectivity index (χ3n) is 1.70. The van der Waals surface area contributed by atoms with Crippen LogP contribution in [0.4, 0.5) is 0 Å². The molecule has 2 rings (SSSR count). The van der Waals surface area contributed by atoms with Crippen molar-refractivity contribution < 1.29 is 5.11 Å². The number of nitrogens with zero attached hydrogens (tertiary/aromatic N) is 4. The van der Waals surface area contributed by atoms with Gasteiger partial charge in [-0.15, -0.1) is 0 Å². The molecule has 0 aromatic carbocycles. The van der Waals surface area contributed by atoms with Crippen molar-refractivity contribution in [2.45, 2.75) is 6.04 Å². The number of fused-ring (bicyclic) bond motifs is 1. The van der Waals surface area contributed by atoms with Crippen LogP contribution in [-0.2, 0) is 0 Å². The predicted molar refractivity (Wildman–Crippen MR) is 50.7 cm³/mol. The first-order valence-electron chi connectivity index (χ1n) is 3.95. The van der Waals surface area contributed by atoms with E-state index in [1.165, 1.54) is 12.7 Å². The number of aliphatic hydroxyl groups excluding tert-OH is 1. The van der Waals surface area contributed by atoms with Gasteiger partial charge in [0.2, 0.25) is 0 Å². The van der Waals surface area contributed by atoms with Gasteiger partial charge in [0, 0.05) is 0 Å². The Balaban J connectivity index is 2.19. The van der Waals surface area contributed by atoms with E-state index in [2.05, 4.69) is 25.3 Å². The van der Waals surface area contributed by atoms with Gasteiger partial charge in [0.25, 0.3) is 0 Å². The highest BCUT2D eigenvalue weighted by Gasteiger charge is 2.25. The Morgan fingerprint density at radius 1 is 1.62 bits per heavy atom. The van der Waals surface area contributed by atoms with Gasteiger partial charge in [0.1, 0.15) is 12.2 Å². The van der Waals surface area contributed by atoms with E-state index in [9.17, 15) is 0 Å². The Bertz CT molecular complexity index is 317. The van der Waals surface area contributed by atoms with Crippen LogP contribution in [0.1, 0.15) is 0 Å². The van der Waals surface area contributed by atoms with E-state index in [0.717, 1.165) is 5.84 Å². The molecule has 0 bridgehead atoms. The molecule has 0 saturated carbocycles. The van der Waals surface area contributed by atoms with Gasteiger partial charge in [-0.1, -0.05) is 0 Å².